The lowest BCUT2D eigenvalue weighted by Crippen LogP contribution is -2.47. The molecule has 63 heavy (non-hydrogen) atoms. The van der Waals surface area contributed by atoms with Gasteiger partial charge < -0.3 is 25.0 Å². The number of ether oxygens (including phenoxy) is 2. The molecule has 15 heteroatoms. The number of aromatic nitrogens is 4. The summed E-state index contributed by atoms with van der Waals surface area (Å²) < 4.78 is 44.2. The molecule has 4 N–H and O–H groups in total. The van der Waals surface area contributed by atoms with Crippen LogP contribution < -0.4 is 10.0 Å². The van der Waals surface area contributed by atoms with E-state index >= 15 is 0 Å². The summed E-state index contributed by atoms with van der Waals surface area (Å²) in [5, 5.41) is 35.2. The van der Waals surface area contributed by atoms with Crippen LogP contribution in [-0.4, -0.2) is 62.6 Å². The molecule has 1 fully saturated rings. The van der Waals surface area contributed by atoms with Crippen LogP contribution in [0.25, 0.3) is 16.8 Å². The van der Waals surface area contributed by atoms with Crippen LogP contribution >= 0.6 is 11.8 Å². The van der Waals surface area contributed by atoms with Gasteiger partial charge >= 0.3 is 0 Å². The minimum absolute atomic E-state index is 0.0510. The van der Waals surface area contributed by atoms with Crippen molar-refractivity contribution in [1.29, 1.82) is 0 Å². The van der Waals surface area contributed by atoms with E-state index in [1.165, 1.54) is 23.9 Å². The summed E-state index contributed by atoms with van der Waals surface area (Å²) in [4.78, 5) is 13.8. The lowest BCUT2D eigenvalue weighted by molar-refractivity contribution is -0.245. The van der Waals surface area contributed by atoms with Gasteiger partial charge in [0.05, 0.1) is 29.4 Å². The minimum atomic E-state index is -3.98. The Balaban J connectivity index is 0.952. The van der Waals surface area contributed by atoms with Crippen molar-refractivity contribution in [3.8, 4) is 22.6 Å². The van der Waals surface area contributed by atoms with Gasteiger partial charge in [-0.2, -0.15) is 9.40 Å². The van der Waals surface area contributed by atoms with E-state index in [2.05, 4.69) is 25.6 Å². The van der Waals surface area contributed by atoms with Crippen molar-refractivity contribution in [2.75, 3.05) is 5.75 Å². The van der Waals surface area contributed by atoms with E-state index in [-0.39, 0.29) is 42.4 Å². The summed E-state index contributed by atoms with van der Waals surface area (Å²) in [5.41, 5.74) is 7.81. The SMILES string of the molecule is Cc1ccc(S(=O)(=O)N[C@H](Cc2ccccc2)C(=O)NCc2cccc(-c3ccc([C@@H]4O[C@H](CSc5nnnn5-c5ccc(O)cc5)C[C@H](c5ccc(CO)cc5)O4)cc3)c2)cc1. The molecule has 7 aromatic rings. The summed E-state index contributed by atoms with van der Waals surface area (Å²) in [6, 6.07) is 45.0. The number of phenolic OH excluding ortho intramolecular Hbond substituents is 1. The van der Waals surface area contributed by atoms with Gasteiger partial charge in [0.15, 0.2) is 6.29 Å². The highest BCUT2D eigenvalue weighted by molar-refractivity contribution is 7.99. The number of carbonyl (C=O) groups is 1. The maximum Gasteiger partial charge on any atom is 0.241 e. The second kappa shape index (κ2) is 19.9. The zero-order valence-corrected chi connectivity index (χ0v) is 36.0. The Kier molecular flexibility index (Phi) is 13.7. The highest BCUT2D eigenvalue weighted by Crippen LogP contribution is 2.40. The van der Waals surface area contributed by atoms with Gasteiger partial charge in [0.2, 0.25) is 21.1 Å². The van der Waals surface area contributed by atoms with Crippen LogP contribution in [0, 0.1) is 6.92 Å². The third-order valence-corrected chi connectivity index (χ3v) is 13.2. The van der Waals surface area contributed by atoms with Gasteiger partial charge in [-0.1, -0.05) is 127 Å². The fourth-order valence-corrected chi connectivity index (χ4v) is 9.33. The number of phenols is 1. The average Bonchev–Trinajstić information content (AvgIpc) is 3.79. The van der Waals surface area contributed by atoms with Crippen LogP contribution in [0.15, 0.2) is 162 Å². The van der Waals surface area contributed by atoms with E-state index in [0.717, 1.165) is 50.2 Å². The minimum Gasteiger partial charge on any atom is -0.508 e. The molecule has 6 aromatic carbocycles. The van der Waals surface area contributed by atoms with Crippen LogP contribution in [0.2, 0.25) is 0 Å². The van der Waals surface area contributed by atoms with E-state index in [9.17, 15) is 23.4 Å². The van der Waals surface area contributed by atoms with E-state index in [4.69, 9.17) is 9.47 Å². The van der Waals surface area contributed by atoms with Crippen molar-refractivity contribution in [3.05, 3.63) is 185 Å². The number of carbonyl (C=O) groups excluding carboxylic acids is 1. The van der Waals surface area contributed by atoms with E-state index in [1.54, 1.807) is 41.1 Å². The van der Waals surface area contributed by atoms with Crippen LogP contribution in [0.4, 0.5) is 0 Å². The molecule has 1 aromatic heterocycles. The second-order valence-corrected chi connectivity index (χ2v) is 18.0. The van der Waals surface area contributed by atoms with Crippen LogP contribution in [-0.2, 0) is 43.9 Å². The molecule has 8 rings (SSSR count). The van der Waals surface area contributed by atoms with Crippen molar-refractivity contribution < 1.29 is 32.9 Å². The Morgan fingerprint density at radius 3 is 2.25 bits per heavy atom. The summed E-state index contributed by atoms with van der Waals surface area (Å²) in [7, 11) is -3.98. The van der Waals surface area contributed by atoms with Crippen LogP contribution in [0.5, 0.6) is 5.75 Å². The number of aromatic hydroxyl groups is 1. The fourth-order valence-electron chi connectivity index (χ4n) is 7.23. The zero-order chi connectivity index (χ0) is 43.8. The largest absolute Gasteiger partial charge is 0.508 e. The summed E-state index contributed by atoms with van der Waals surface area (Å²) in [6.45, 7) is 2.02. The number of tetrazole rings is 1. The molecule has 1 aliphatic heterocycles. The Hall–Kier alpha value is -6.20. The second-order valence-electron chi connectivity index (χ2n) is 15.3. The van der Waals surface area contributed by atoms with Gasteiger partial charge in [-0.15, -0.1) is 5.10 Å². The lowest BCUT2D eigenvalue weighted by Gasteiger charge is -2.36. The third kappa shape index (κ3) is 11.1. The van der Waals surface area contributed by atoms with Crippen molar-refractivity contribution in [2.45, 2.75) is 67.5 Å². The molecule has 322 valence electrons. The van der Waals surface area contributed by atoms with E-state index < -0.39 is 28.3 Å². The number of benzene rings is 6. The molecule has 4 atom stereocenters. The quantitative estimate of drug-likeness (QED) is 0.0713. The Labute approximate surface area is 370 Å². The molecular weight excluding hydrogens is 837 g/mol. The summed E-state index contributed by atoms with van der Waals surface area (Å²) >= 11 is 1.46. The molecule has 0 spiro atoms. The van der Waals surface area contributed by atoms with Gasteiger partial charge in [0.25, 0.3) is 0 Å². The molecule has 0 bridgehead atoms. The molecule has 0 unspecified atom stereocenters. The van der Waals surface area contributed by atoms with Crippen LogP contribution in [0.1, 0.15) is 52.2 Å². The first-order valence-corrected chi connectivity index (χ1v) is 22.9. The maximum atomic E-state index is 13.7. The molecule has 1 amide bonds. The molecule has 1 saturated heterocycles. The first-order valence-electron chi connectivity index (χ1n) is 20.4. The highest BCUT2D eigenvalue weighted by Gasteiger charge is 2.33. The van der Waals surface area contributed by atoms with Gasteiger partial charge in [0, 0.05) is 24.3 Å². The van der Waals surface area contributed by atoms with Gasteiger partial charge in [-0.25, -0.2) is 8.42 Å². The predicted octanol–water partition coefficient (Wildman–Crippen LogP) is 7.38. The lowest BCUT2D eigenvalue weighted by atomic mass is 9.99. The molecule has 13 nitrogen and oxygen atoms in total. The van der Waals surface area contributed by atoms with Gasteiger partial charge in [0.1, 0.15) is 11.8 Å². The van der Waals surface area contributed by atoms with Crippen molar-refractivity contribution in [1.82, 2.24) is 30.2 Å². The highest BCUT2D eigenvalue weighted by atomic mass is 32.2. The average molecular weight is 883 g/mol. The van der Waals surface area contributed by atoms with E-state index in [1.807, 2.05) is 110 Å². The smallest absolute Gasteiger partial charge is 0.241 e. The molecule has 0 aliphatic carbocycles. The topological polar surface area (TPSA) is 178 Å². The molecule has 1 aliphatic rings. The standard InChI is InChI=1S/C48H46N6O7S2/c1-32-10-24-43(25-11-32)63(58,59)51-44(27-33-6-3-2-4-7-33)46(57)49-29-35-8-5-9-39(26-35)36-16-18-38(19-17-36)47-60-42(28-45(61-47)37-14-12-34(30-55)13-15-37)31-62-48-50-52-53-54(48)40-20-22-41(56)23-21-40/h2-26,42,44-45,47,51,55-56H,27-31H2,1H3,(H,49,57)/t42-,44+,45+,47+/m0/s1. The third-order valence-electron chi connectivity index (χ3n) is 10.7. The summed E-state index contributed by atoms with van der Waals surface area (Å²) in [6.07, 6.45) is -0.445. The number of rotatable bonds is 16. The number of aryl methyl sites for hydroxylation is 1. The predicted molar refractivity (Wildman–Crippen MR) is 239 cm³/mol. The van der Waals surface area contributed by atoms with Crippen molar-refractivity contribution >= 4 is 27.7 Å². The molecule has 2 heterocycles. The van der Waals surface area contributed by atoms with Gasteiger partial charge in [-0.05, 0) is 99.6 Å². The molecule has 0 saturated carbocycles. The number of hydrogen-bond acceptors (Lipinski definition) is 11. The monoisotopic (exact) mass is 882 g/mol. The van der Waals surface area contributed by atoms with Crippen molar-refractivity contribution in [3.63, 3.8) is 0 Å². The van der Waals surface area contributed by atoms with Crippen molar-refractivity contribution in [2.24, 2.45) is 0 Å². The number of amides is 1. The normalized spacial score (nSPS) is 17.0. The zero-order valence-electron chi connectivity index (χ0n) is 34.3. The number of aliphatic hydroxyl groups excluding tert-OH is 1. The number of nitrogens with zero attached hydrogens (tertiary/aromatic N) is 4. The number of hydrogen-bond donors (Lipinski definition) is 4. The Morgan fingerprint density at radius 1 is 0.810 bits per heavy atom. The first-order chi connectivity index (χ1) is 30.6. The van der Waals surface area contributed by atoms with E-state index in [0.29, 0.717) is 17.3 Å². The Morgan fingerprint density at radius 2 is 1.52 bits per heavy atom. The fraction of sp³-hybridized carbons (Fsp3) is 0.208. The maximum absolute atomic E-state index is 13.7. The number of aliphatic hydroxyl groups is 1. The first kappa shape index (κ1) is 43.4. The number of thioether (sulfide) groups is 1. The van der Waals surface area contributed by atoms with Gasteiger partial charge in [-0.3, -0.25) is 4.79 Å². The summed E-state index contributed by atoms with van der Waals surface area (Å²) in [5.74, 6) is 0.250. The number of sulfonamides is 1. The molecule has 0 radical (unpaired) electrons. The van der Waals surface area contributed by atoms with Crippen LogP contribution in [0.3, 0.4) is 0 Å². The Bertz CT molecular complexity index is 2720. The molecular formula is C48H46N6O7S2. The number of nitrogens with one attached hydrogen (secondary N) is 2.